The lowest BCUT2D eigenvalue weighted by Gasteiger charge is -2.15. The lowest BCUT2D eigenvalue weighted by atomic mass is 10.1. The van der Waals surface area contributed by atoms with Gasteiger partial charge in [-0.05, 0) is 66.2 Å². The number of fused-ring (bicyclic) bond motifs is 1. The highest BCUT2D eigenvalue weighted by Crippen LogP contribution is 2.33. The van der Waals surface area contributed by atoms with Crippen LogP contribution in [0.15, 0.2) is 106 Å². The van der Waals surface area contributed by atoms with Crippen molar-refractivity contribution in [2.75, 3.05) is 12.4 Å². The standard InChI is InChI=1S/C27H21N3O5S.ClH/c1-34-20-5-7-21(8-6-20)36(32,33)22-9-10-25-23(14-22)26(24(15-29-25)27(28)31)30-19-4-2-3-17(13-19)18-11-12-35-16-18;/h2-16H,1H3,(H2,28,31)(H,29,30);1H. The highest BCUT2D eigenvalue weighted by Gasteiger charge is 2.21. The Kier molecular flexibility index (Phi) is 7.19. The molecule has 0 radical (unpaired) electrons. The van der Waals surface area contributed by atoms with Crippen LogP contribution >= 0.6 is 12.4 Å². The number of ether oxygens (including phenoxy) is 1. The molecule has 0 aliphatic carbocycles. The van der Waals surface area contributed by atoms with E-state index in [4.69, 9.17) is 14.9 Å². The van der Waals surface area contributed by atoms with Gasteiger partial charge in [0.05, 0.1) is 46.2 Å². The molecule has 5 aromatic rings. The maximum atomic E-state index is 13.4. The first-order chi connectivity index (χ1) is 17.4. The number of methoxy groups -OCH3 is 1. The molecule has 0 atom stereocenters. The normalized spacial score (nSPS) is 11.1. The number of halogens is 1. The van der Waals surface area contributed by atoms with Crippen LogP contribution in [0.25, 0.3) is 22.0 Å². The van der Waals surface area contributed by atoms with Crippen molar-refractivity contribution >= 4 is 50.4 Å². The molecule has 37 heavy (non-hydrogen) atoms. The zero-order chi connectivity index (χ0) is 25.3. The highest BCUT2D eigenvalue weighted by atomic mass is 35.5. The van der Waals surface area contributed by atoms with Crippen molar-refractivity contribution in [1.29, 1.82) is 0 Å². The van der Waals surface area contributed by atoms with Crippen molar-refractivity contribution in [3.8, 4) is 16.9 Å². The van der Waals surface area contributed by atoms with E-state index in [9.17, 15) is 13.2 Å². The lowest BCUT2D eigenvalue weighted by Crippen LogP contribution is -2.14. The number of nitrogens with two attached hydrogens (primary N) is 1. The van der Waals surface area contributed by atoms with Gasteiger partial charge < -0.3 is 20.2 Å². The van der Waals surface area contributed by atoms with Gasteiger partial charge in [-0.15, -0.1) is 12.4 Å². The molecule has 0 saturated heterocycles. The van der Waals surface area contributed by atoms with Gasteiger partial charge in [0.2, 0.25) is 9.84 Å². The van der Waals surface area contributed by atoms with Gasteiger partial charge in [-0.1, -0.05) is 12.1 Å². The molecule has 0 fully saturated rings. The topological polar surface area (TPSA) is 125 Å². The van der Waals surface area contributed by atoms with E-state index in [1.54, 1.807) is 30.7 Å². The Balaban J connectivity index is 0.00000320. The Bertz CT molecular complexity index is 1690. The van der Waals surface area contributed by atoms with Gasteiger partial charge >= 0.3 is 0 Å². The van der Waals surface area contributed by atoms with Crippen molar-refractivity contribution < 1.29 is 22.4 Å². The molecule has 1 amide bonds. The number of rotatable bonds is 7. The minimum atomic E-state index is -3.85. The largest absolute Gasteiger partial charge is 0.497 e. The van der Waals surface area contributed by atoms with Gasteiger partial charge in [0.25, 0.3) is 5.91 Å². The number of benzene rings is 3. The number of amides is 1. The summed E-state index contributed by atoms with van der Waals surface area (Å²) < 4.78 is 37.0. The molecule has 0 spiro atoms. The molecule has 0 saturated carbocycles. The zero-order valence-corrected chi connectivity index (χ0v) is 21.2. The molecule has 10 heteroatoms. The van der Waals surface area contributed by atoms with Crippen molar-refractivity contribution in [3.63, 3.8) is 0 Å². The molecule has 8 nitrogen and oxygen atoms in total. The average molecular weight is 536 g/mol. The van der Waals surface area contributed by atoms with E-state index >= 15 is 0 Å². The van der Waals surface area contributed by atoms with Gasteiger partial charge in [-0.2, -0.15) is 0 Å². The van der Waals surface area contributed by atoms with Crippen LogP contribution in [0.3, 0.4) is 0 Å². The number of nitrogens with zero attached hydrogens (tertiary/aromatic N) is 1. The Morgan fingerprint density at radius 1 is 0.973 bits per heavy atom. The van der Waals surface area contributed by atoms with Crippen LogP contribution in [-0.2, 0) is 9.84 Å². The maximum absolute atomic E-state index is 13.4. The second kappa shape index (κ2) is 10.3. The number of nitrogens with one attached hydrogen (secondary N) is 1. The number of pyridine rings is 1. The van der Waals surface area contributed by atoms with Crippen LogP contribution in [-0.4, -0.2) is 26.4 Å². The van der Waals surface area contributed by atoms with Gasteiger partial charge in [0.15, 0.2) is 0 Å². The molecule has 0 bridgehead atoms. The predicted molar refractivity (Wildman–Crippen MR) is 143 cm³/mol. The zero-order valence-electron chi connectivity index (χ0n) is 19.5. The fourth-order valence-electron chi connectivity index (χ4n) is 3.90. The van der Waals surface area contributed by atoms with Crippen molar-refractivity contribution in [2.45, 2.75) is 9.79 Å². The number of primary amides is 1. The van der Waals surface area contributed by atoms with Crippen LogP contribution < -0.4 is 15.8 Å². The number of aromatic nitrogens is 1. The number of furan rings is 1. The van der Waals surface area contributed by atoms with Gasteiger partial charge in [-0.25, -0.2) is 8.42 Å². The van der Waals surface area contributed by atoms with E-state index in [0.29, 0.717) is 28.0 Å². The minimum Gasteiger partial charge on any atom is -0.497 e. The number of hydrogen-bond acceptors (Lipinski definition) is 7. The quantitative estimate of drug-likeness (QED) is 0.278. The molecule has 3 N–H and O–H groups in total. The van der Waals surface area contributed by atoms with E-state index < -0.39 is 15.7 Å². The first-order valence-corrected chi connectivity index (χ1v) is 12.4. The smallest absolute Gasteiger partial charge is 0.252 e. The third kappa shape index (κ3) is 5.00. The summed E-state index contributed by atoms with van der Waals surface area (Å²) in [5.41, 5.74) is 9.11. The molecule has 2 aromatic heterocycles. The Morgan fingerprint density at radius 3 is 2.41 bits per heavy atom. The highest BCUT2D eigenvalue weighted by molar-refractivity contribution is 7.91. The van der Waals surface area contributed by atoms with Gasteiger partial charge in [-0.3, -0.25) is 9.78 Å². The molecule has 3 aromatic carbocycles. The van der Waals surface area contributed by atoms with Crippen LogP contribution in [0.1, 0.15) is 10.4 Å². The fourth-order valence-corrected chi connectivity index (χ4v) is 5.19. The van der Waals surface area contributed by atoms with Crippen molar-refractivity contribution in [2.24, 2.45) is 5.73 Å². The third-order valence-corrected chi connectivity index (χ3v) is 7.54. The molecule has 188 valence electrons. The summed E-state index contributed by atoms with van der Waals surface area (Å²) in [7, 11) is -2.34. The summed E-state index contributed by atoms with van der Waals surface area (Å²) in [5.74, 6) is -0.145. The Labute approximate surface area is 219 Å². The van der Waals surface area contributed by atoms with E-state index in [1.165, 1.54) is 37.6 Å². The molecule has 2 heterocycles. The van der Waals surface area contributed by atoms with E-state index in [2.05, 4.69) is 10.3 Å². The van der Waals surface area contributed by atoms with Crippen LogP contribution in [0.4, 0.5) is 11.4 Å². The first kappa shape index (κ1) is 25.7. The second-order valence-electron chi connectivity index (χ2n) is 7.99. The molecule has 0 unspecified atom stereocenters. The SMILES string of the molecule is COc1ccc(S(=O)(=O)c2ccc3ncc(C(N)=O)c(Nc4cccc(-c5ccoc5)c4)c3c2)cc1.Cl. The monoisotopic (exact) mass is 535 g/mol. The van der Waals surface area contributed by atoms with E-state index in [-0.39, 0.29) is 27.8 Å². The molecular weight excluding hydrogens is 514 g/mol. The van der Waals surface area contributed by atoms with Gasteiger partial charge in [0.1, 0.15) is 5.75 Å². The number of hydrogen-bond donors (Lipinski definition) is 2. The summed E-state index contributed by atoms with van der Waals surface area (Å²) >= 11 is 0. The lowest BCUT2D eigenvalue weighted by molar-refractivity contribution is 0.100. The number of carbonyl (C=O) groups excluding carboxylic acids is 1. The Morgan fingerprint density at radius 2 is 1.73 bits per heavy atom. The summed E-state index contributed by atoms with van der Waals surface area (Å²) in [6, 6.07) is 20.1. The van der Waals surface area contributed by atoms with Gasteiger partial charge in [0, 0.05) is 22.8 Å². The summed E-state index contributed by atoms with van der Waals surface area (Å²) in [5, 5.41) is 3.69. The molecule has 0 aliphatic rings. The summed E-state index contributed by atoms with van der Waals surface area (Å²) in [6.45, 7) is 0. The van der Waals surface area contributed by atoms with Crippen LogP contribution in [0, 0.1) is 0 Å². The summed E-state index contributed by atoms with van der Waals surface area (Å²) in [4.78, 5) is 16.8. The number of anilines is 2. The predicted octanol–water partition coefficient (Wildman–Crippen LogP) is 5.60. The van der Waals surface area contributed by atoms with Crippen molar-refractivity contribution in [3.05, 3.63) is 97.1 Å². The van der Waals surface area contributed by atoms with Crippen LogP contribution in [0.5, 0.6) is 5.75 Å². The third-order valence-electron chi connectivity index (χ3n) is 5.77. The van der Waals surface area contributed by atoms with Crippen LogP contribution in [0.2, 0.25) is 0 Å². The van der Waals surface area contributed by atoms with Crippen molar-refractivity contribution in [1.82, 2.24) is 4.98 Å². The number of sulfone groups is 1. The van der Waals surface area contributed by atoms with E-state index in [0.717, 1.165) is 11.1 Å². The Hall–Kier alpha value is -4.34. The molecule has 0 aliphatic heterocycles. The average Bonchev–Trinajstić information content (AvgIpc) is 3.44. The fraction of sp³-hybridized carbons (Fsp3) is 0.0370. The second-order valence-corrected chi connectivity index (χ2v) is 9.94. The maximum Gasteiger partial charge on any atom is 0.252 e. The molecular formula is C27H22ClN3O5S. The van der Waals surface area contributed by atoms with E-state index in [1.807, 2.05) is 30.3 Å². The summed E-state index contributed by atoms with van der Waals surface area (Å²) in [6.07, 6.45) is 4.60. The molecule has 5 rings (SSSR count). The first-order valence-electron chi connectivity index (χ1n) is 10.9. The number of carbonyl (C=O) groups is 1. The minimum absolute atomic E-state index is 0.